The molecule has 6 nitrogen and oxygen atoms in total. The fraction of sp³-hybridized carbons (Fsp3) is 0.500. The fourth-order valence-electron chi connectivity index (χ4n) is 2.47. The van der Waals surface area contributed by atoms with Gasteiger partial charge in [-0.05, 0) is 18.9 Å². The van der Waals surface area contributed by atoms with Gasteiger partial charge in [0, 0.05) is 32.6 Å². The second kappa shape index (κ2) is 6.55. The average molecular weight is 311 g/mol. The van der Waals surface area contributed by atoms with Crippen LogP contribution in [-0.4, -0.2) is 49.7 Å². The lowest BCUT2D eigenvalue weighted by atomic mass is 10.1. The molecule has 0 spiro atoms. The second-order valence-corrected chi connectivity index (χ2v) is 6.86. The number of piperazine rings is 1. The number of rotatable bonds is 4. The maximum absolute atomic E-state index is 12.1. The smallest absolute Gasteiger partial charge is 0.277 e. The van der Waals surface area contributed by atoms with Crippen molar-refractivity contribution < 1.29 is 13.2 Å². The normalized spacial score (nSPS) is 17.0. The molecule has 0 aliphatic carbocycles. The van der Waals surface area contributed by atoms with Crippen molar-refractivity contribution in [1.29, 1.82) is 0 Å². The zero-order valence-electron chi connectivity index (χ0n) is 12.2. The Morgan fingerprint density at radius 3 is 2.48 bits per heavy atom. The van der Waals surface area contributed by atoms with Gasteiger partial charge in [-0.1, -0.05) is 29.8 Å². The van der Waals surface area contributed by atoms with Gasteiger partial charge in [-0.3, -0.25) is 4.79 Å². The summed E-state index contributed by atoms with van der Waals surface area (Å²) in [6.07, 6.45) is 1.15. The monoisotopic (exact) mass is 311 g/mol. The Bertz CT molecular complexity index is 608. The van der Waals surface area contributed by atoms with Gasteiger partial charge in [-0.15, -0.1) is 0 Å². The number of hydrogen-bond acceptors (Lipinski definition) is 3. The Morgan fingerprint density at radius 1 is 1.24 bits per heavy atom. The summed E-state index contributed by atoms with van der Waals surface area (Å²) in [4.78, 5) is 13.8. The van der Waals surface area contributed by atoms with E-state index in [0.29, 0.717) is 25.9 Å². The molecule has 2 N–H and O–H groups in total. The maximum Gasteiger partial charge on any atom is 0.277 e. The van der Waals surface area contributed by atoms with E-state index in [9.17, 15) is 13.2 Å². The number of aryl methyl sites for hydroxylation is 2. The van der Waals surface area contributed by atoms with Crippen molar-refractivity contribution in [2.75, 3.05) is 26.2 Å². The SMILES string of the molecule is Cc1cccc(CCC(=O)N2CCN(S(N)(=O)=O)CC2)c1. The van der Waals surface area contributed by atoms with Crippen LogP contribution in [-0.2, 0) is 21.4 Å². The third-order valence-corrected chi connectivity index (χ3v) is 4.75. The van der Waals surface area contributed by atoms with E-state index in [1.165, 1.54) is 9.87 Å². The van der Waals surface area contributed by atoms with Gasteiger partial charge in [0.25, 0.3) is 10.2 Å². The molecule has 0 aromatic heterocycles. The fourth-order valence-corrected chi connectivity index (χ4v) is 3.14. The first kappa shape index (κ1) is 15.9. The number of nitrogens with zero attached hydrogens (tertiary/aromatic N) is 2. The van der Waals surface area contributed by atoms with E-state index in [1.807, 2.05) is 25.1 Å². The Hall–Kier alpha value is -1.44. The van der Waals surface area contributed by atoms with Gasteiger partial charge in [0.05, 0.1) is 0 Å². The summed E-state index contributed by atoms with van der Waals surface area (Å²) in [5.74, 6) is 0.0607. The lowest BCUT2D eigenvalue weighted by Crippen LogP contribution is -2.52. The van der Waals surface area contributed by atoms with Crippen molar-refractivity contribution in [3.63, 3.8) is 0 Å². The summed E-state index contributed by atoms with van der Waals surface area (Å²) in [6.45, 7) is 3.38. The summed E-state index contributed by atoms with van der Waals surface area (Å²) in [6, 6.07) is 8.10. The van der Waals surface area contributed by atoms with Crippen LogP contribution in [0.3, 0.4) is 0 Å². The van der Waals surface area contributed by atoms with E-state index in [2.05, 4.69) is 6.07 Å². The molecule has 0 radical (unpaired) electrons. The molecule has 1 aromatic carbocycles. The molecule has 0 atom stereocenters. The first-order chi connectivity index (χ1) is 9.86. The Morgan fingerprint density at radius 2 is 1.90 bits per heavy atom. The first-order valence-electron chi connectivity index (χ1n) is 6.97. The van der Waals surface area contributed by atoms with Crippen molar-refractivity contribution in [3.8, 4) is 0 Å². The van der Waals surface area contributed by atoms with Crippen LogP contribution in [0.4, 0.5) is 0 Å². The van der Waals surface area contributed by atoms with Gasteiger partial charge in [-0.25, -0.2) is 5.14 Å². The van der Waals surface area contributed by atoms with Crippen molar-refractivity contribution in [2.45, 2.75) is 19.8 Å². The second-order valence-electron chi connectivity index (χ2n) is 5.31. The molecule has 0 unspecified atom stereocenters. The van der Waals surface area contributed by atoms with Crippen LogP contribution in [0, 0.1) is 6.92 Å². The summed E-state index contributed by atoms with van der Waals surface area (Å²) >= 11 is 0. The summed E-state index contributed by atoms with van der Waals surface area (Å²) in [7, 11) is -3.64. The summed E-state index contributed by atoms with van der Waals surface area (Å²) in [5.41, 5.74) is 2.33. The van der Waals surface area contributed by atoms with E-state index < -0.39 is 10.2 Å². The number of benzene rings is 1. The summed E-state index contributed by atoms with van der Waals surface area (Å²) in [5, 5.41) is 5.08. The van der Waals surface area contributed by atoms with Gasteiger partial charge < -0.3 is 4.90 Å². The Balaban J connectivity index is 1.83. The lowest BCUT2D eigenvalue weighted by Gasteiger charge is -2.33. The molecule has 1 aliphatic rings. The summed E-state index contributed by atoms with van der Waals surface area (Å²) < 4.78 is 23.6. The Kier molecular flexibility index (Phi) is 4.97. The van der Waals surface area contributed by atoms with Gasteiger partial charge in [-0.2, -0.15) is 12.7 Å². The molecule has 1 heterocycles. The number of carbonyl (C=O) groups excluding carboxylic acids is 1. The van der Waals surface area contributed by atoms with Crippen LogP contribution in [0.25, 0.3) is 0 Å². The van der Waals surface area contributed by atoms with E-state index in [1.54, 1.807) is 4.90 Å². The third-order valence-electron chi connectivity index (χ3n) is 3.66. The maximum atomic E-state index is 12.1. The highest BCUT2D eigenvalue weighted by atomic mass is 32.2. The van der Waals surface area contributed by atoms with Gasteiger partial charge >= 0.3 is 0 Å². The number of hydrogen-bond donors (Lipinski definition) is 1. The third kappa shape index (κ3) is 4.52. The van der Waals surface area contributed by atoms with E-state index in [-0.39, 0.29) is 19.0 Å². The zero-order chi connectivity index (χ0) is 15.5. The van der Waals surface area contributed by atoms with Crippen molar-refractivity contribution in [2.24, 2.45) is 5.14 Å². The molecule has 0 bridgehead atoms. The molecule has 1 fully saturated rings. The predicted molar refractivity (Wildman–Crippen MR) is 80.8 cm³/mol. The van der Waals surface area contributed by atoms with Crippen LogP contribution in [0.15, 0.2) is 24.3 Å². The minimum atomic E-state index is -3.64. The zero-order valence-corrected chi connectivity index (χ0v) is 13.0. The molecule has 0 saturated carbocycles. The average Bonchev–Trinajstić information content (AvgIpc) is 2.44. The van der Waals surface area contributed by atoms with Crippen molar-refractivity contribution in [1.82, 2.24) is 9.21 Å². The number of nitrogens with two attached hydrogens (primary N) is 1. The molecule has 21 heavy (non-hydrogen) atoms. The lowest BCUT2D eigenvalue weighted by molar-refractivity contribution is -0.132. The first-order valence-corrected chi connectivity index (χ1v) is 8.48. The number of carbonyl (C=O) groups is 1. The standard InChI is InChI=1S/C14H21N3O3S/c1-12-3-2-4-13(11-12)5-6-14(18)16-7-9-17(10-8-16)21(15,19)20/h2-4,11H,5-10H2,1H3,(H2,15,19,20). The van der Waals surface area contributed by atoms with Crippen molar-refractivity contribution >= 4 is 16.1 Å². The van der Waals surface area contributed by atoms with E-state index in [4.69, 9.17) is 5.14 Å². The van der Waals surface area contributed by atoms with Crippen LogP contribution in [0.1, 0.15) is 17.5 Å². The van der Waals surface area contributed by atoms with Gasteiger partial charge in [0.15, 0.2) is 0 Å². The highest BCUT2D eigenvalue weighted by Gasteiger charge is 2.26. The molecule has 1 aliphatic heterocycles. The highest BCUT2D eigenvalue weighted by Crippen LogP contribution is 2.10. The van der Waals surface area contributed by atoms with Crippen LogP contribution < -0.4 is 5.14 Å². The van der Waals surface area contributed by atoms with Gasteiger partial charge in [0.2, 0.25) is 5.91 Å². The largest absolute Gasteiger partial charge is 0.340 e. The van der Waals surface area contributed by atoms with E-state index in [0.717, 1.165) is 5.56 Å². The molecule has 1 amide bonds. The predicted octanol–water partition coefficient (Wildman–Crippen LogP) is 0.275. The molecule has 1 aromatic rings. The minimum absolute atomic E-state index is 0.0607. The quantitative estimate of drug-likeness (QED) is 0.866. The molecule has 116 valence electrons. The van der Waals surface area contributed by atoms with Gasteiger partial charge in [0.1, 0.15) is 0 Å². The highest BCUT2D eigenvalue weighted by molar-refractivity contribution is 7.86. The minimum Gasteiger partial charge on any atom is -0.340 e. The van der Waals surface area contributed by atoms with Crippen LogP contribution >= 0.6 is 0 Å². The molecule has 2 rings (SSSR count). The van der Waals surface area contributed by atoms with Crippen molar-refractivity contribution in [3.05, 3.63) is 35.4 Å². The molecule has 1 saturated heterocycles. The molecular weight excluding hydrogens is 290 g/mol. The van der Waals surface area contributed by atoms with Crippen LogP contribution in [0.2, 0.25) is 0 Å². The topological polar surface area (TPSA) is 83.7 Å². The Labute approximate surface area is 125 Å². The molecule has 7 heteroatoms. The number of amides is 1. The van der Waals surface area contributed by atoms with E-state index >= 15 is 0 Å². The van der Waals surface area contributed by atoms with Crippen LogP contribution in [0.5, 0.6) is 0 Å². The molecular formula is C14H21N3O3S.